The van der Waals surface area contributed by atoms with E-state index in [4.69, 9.17) is 0 Å². The van der Waals surface area contributed by atoms with Crippen molar-refractivity contribution in [2.24, 2.45) is 0 Å². The van der Waals surface area contributed by atoms with Crippen LogP contribution in [0.4, 0.5) is 8.78 Å². The summed E-state index contributed by atoms with van der Waals surface area (Å²) in [7, 11) is 0. The highest BCUT2D eigenvalue weighted by Crippen LogP contribution is 2.31. The first-order chi connectivity index (χ1) is 16.0. The second kappa shape index (κ2) is 9.81. The average Bonchev–Trinajstić information content (AvgIpc) is 3.49. The molecule has 2 heterocycles. The zero-order valence-electron chi connectivity index (χ0n) is 18.5. The van der Waals surface area contributed by atoms with Crippen LogP contribution in [0, 0.1) is 0 Å². The molecule has 1 N–H and O–H groups in total. The normalized spacial score (nSPS) is 12.0. The van der Waals surface area contributed by atoms with E-state index < -0.39 is 11.7 Å². The van der Waals surface area contributed by atoms with Gasteiger partial charge in [0.2, 0.25) is 5.82 Å². The van der Waals surface area contributed by atoms with Crippen LogP contribution in [0.3, 0.4) is 0 Å². The molecule has 0 saturated heterocycles. The molecule has 0 saturated carbocycles. The van der Waals surface area contributed by atoms with Gasteiger partial charge in [-0.3, -0.25) is 0 Å². The molecule has 0 bridgehead atoms. The minimum Gasteiger partial charge on any atom is -0.245 e. The van der Waals surface area contributed by atoms with Crippen LogP contribution in [0.15, 0.2) is 60.7 Å². The van der Waals surface area contributed by atoms with Gasteiger partial charge in [-0.25, -0.2) is 14.8 Å². The minimum atomic E-state index is -3.03. The van der Waals surface area contributed by atoms with Crippen LogP contribution >= 0.6 is 0 Å². The van der Waals surface area contributed by atoms with Crippen molar-refractivity contribution in [3.8, 4) is 22.5 Å². The summed E-state index contributed by atoms with van der Waals surface area (Å²) in [5.74, 6) is -2.31. The van der Waals surface area contributed by atoms with E-state index in [1.54, 1.807) is 11.6 Å². The molecule has 0 unspecified atom stereocenters. The second-order valence-corrected chi connectivity index (χ2v) is 7.76. The van der Waals surface area contributed by atoms with Crippen molar-refractivity contribution in [3.05, 3.63) is 77.9 Å². The maximum atomic E-state index is 14.4. The number of nitrogens with one attached hydrogen (secondary N) is 1. The molecule has 2 aromatic heterocycles. The van der Waals surface area contributed by atoms with E-state index in [0.717, 1.165) is 22.3 Å². The van der Waals surface area contributed by atoms with E-state index in [2.05, 4.69) is 30.7 Å². The number of aromatic nitrogens is 7. The summed E-state index contributed by atoms with van der Waals surface area (Å²) in [6.07, 6.45) is 4.31. The Labute approximate surface area is 190 Å². The number of tetrazole rings is 1. The van der Waals surface area contributed by atoms with Gasteiger partial charge in [-0.05, 0) is 46.5 Å². The highest BCUT2D eigenvalue weighted by Gasteiger charge is 2.36. The van der Waals surface area contributed by atoms with Crippen LogP contribution in [0.5, 0.6) is 0 Å². The maximum absolute atomic E-state index is 14.4. The van der Waals surface area contributed by atoms with Crippen molar-refractivity contribution in [1.29, 1.82) is 0 Å². The third-order valence-corrected chi connectivity index (χ3v) is 5.28. The van der Waals surface area contributed by atoms with E-state index in [1.165, 1.54) is 0 Å². The summed E-state index contributed by atoms with van der Waals surface area (Å²) in [4.78, 5) is 4.16. The summed E-state index contributed by atoms with van der Waals surface area (Å²) < 4.78 is 30.4. The number of rotatable bonds is 9. The average molecular weight is 450 g/mol. The van der Waals surface area contributed by atoms with Crippen LogP contribution in [-0.4, -0.2) is 35.4 Å². The number of halogens is 2. The van der Waals surface area contributed by atoms with Gasteiger partial charge in [-0.1, -0.05) is 61.5 Å². The molecule has 170 valence electrons. The Balaban J connectivity index is 1.57. The molecule has 9 heteroatoms. The molecule has 0 aliphatic rings. The molecule has 4 rings (SSSR count). The van der Waals surface area contributed by atoms with Crippen molar-refractivity contribution < 1.29 is 8.78 Å². The Morgan fingerprint density at radius 2 is 1.85 bits per heavy atom. The fourth-order valence-corrected chi connectivity index (χ4v) is 3.56. The van der Waals surface area contributed by atoms with Crippen molar-refractivity contribution in [2.75, 3.05) is 0 Å². The van der Waals surface area contributed by atoms with Gasteiger partial charge in [0.1, 0.15) is 5.82 Å². The largest absolute Gasteiger partial charge is 0.308 e. The summed E-state index contributed by atoms with van der Waals surface area (Å²) in [5.41, 5.74) is 3.88. The monoisotopic (exact) mass is 449 g/mol. The fourth-order valence-electron chi connectivity index (χ4n) is 3.56. The quantitative estimate of drug-likeness (QED) is 0.356. The van der Waals surface area contributed by atoms with Gasteiger partial charge in [-0.2, -0.15) is 8.78 Å². The third-order valence-electron chi connectivity index (χ3n) is 5.28. The Kier molecular flexibility index (Phi) is 6.67. The number of H-pyrrole nitrogens is 1. The number of hydrogen-bond acceptors (Lipinski definition) is 5. The zero-order chi connectivity index (χ0) is 23.3. The summed E-state index contributed by atoms with van der Waals surface area (Å²) >= 11 is 0. The molecule has 0 radical (unpaired) electrons. The fraction of sp³-hybridized carbons (Fsp3) is 0.292. The lowest BCUT2D eigenvalue weighted by Gasteiger charge is -2.10. The van der Waals surface area contributed by atoms with E-state index in [0.29, 0.717) is 31.0 Å². The number of hydrogen-bond donors (Lipinski definition) is 1. The molecular weight excluding hydrogens is 424 g/mol. The lowest BCUT2D eigenvalue weighted by Crippen LogP contribution is -2.15. The van der Waals surface area contributed by atoms with Crippen LogP contribution in [-0.2, 0) is 18.9 Å². The number of allylic oxidation sites excluding steroid dienone is 2. The maximum Gasteiger partial charge on any atom is 0.308 e. The topological polar surface area (TPSA) is 85.2 Å². The molecule has 2 aromatic carbocycles. The Hall–Kier alpha value is -3.75. The smallest absolute Gasteiger partial charge is 0.245 e. The van der Waals surface area contributed by atoms with Gasteiger partial charge in [0.15, 0.2) is 5.82 Å². The predicted octanol–water partition coefficient (Wildman–Crippen LogP) is 5.18. The summed E-state index contributed by atoms with van der Waals surface area (Å²) in [5, 5.41) is 18.1. The lowest BCUT2D eigenvalue weighted by molar-refractivity contribution is -0.0232. The second-order valence-electron chi connectivity index (χ2n) is 7.76. The van der Waals surface area contributed by atoms with Crippen molar-refractivity contribution in [2.45, 2.75) is 45.6 Å². The van der Waals surface area contributed by atoms with Gasteiger partial charge in [-0.15, -0.1) is 10.2 Å². The van der Waals surface area contributed by atoms with Gasteiger partial charge in [0.05, 0.1) is 6.54 Å². The van der Waals surface area contributed by atoms with Crippen molar-refractivity contribution in [3.63, 3.8) is 0 Å². The van der Waals surface area contributed by atoms with Gasteiger partial charge >= 0.3 is 5.92 Å². The van der Waals surface area contributed by atoms with E-state index in [-0.39, 0.29) is 6.42 Å². The molecule has 7 nitrogen and oxygen atoms in total. The molecule has 0 spiro atoms. The van der Waals surface area contributed by atoms with Crippen molar-refractivity contribution >= 4 is 0 Å². The molecule has 0 aliphatic carbocycles. The van der Waals surface area contributed by atoms with Crippen LogP contribution in [0.2, 0.25) is 0 Å². The summed E-state index contributed by atoms with van der Waals surface area (Å²) in [6.45, 7) is 3.98. The van der Waals surface area contributed by atoms with Crippen LogP contribution in [0.1, 0.15) is 43.9 Å². The standard InChI is InChI=1S/C24H25F2N7/c1-3-5-9-21-27-23(24(25,26)14-4-2)30-33(21)16-17-10-12-18(13-11-17)19-7-6-8-20(15-19)22-28-31-32-29-22/h3,5-8,10-13,15H,4,9,14,16H2,1-2H3,(H,28,29,31,32). The predicted molar refractivity (Wildman–Crippen MR) is 121 cm³/mol. The summed E-state index contributed by atoms with van der Waals surface area (Å²) in [6, 6.07) is 15.9. The Morgan fingerprint density at radius 1 is 1.06 bits per heavy atom. The highest BCUT2D eigenvalue weighted by molar-refractivity contribution is 5.70. The number of nitrogens with zero attached hydrogens (tertiary/aromatic N) is 6. The molecule has 0 fully saturated rings. The molecule has 0 aliphatic heterocycles. The molecular formula is C24H25F2N7. The molecule has 4 aromatic rings. The van der Waals surface area contributed by atoms with Gasteiger partial charge in [0.25, 0.3) is 0 Å². The molecule has 0 amide bonds. The van der Waals surface area contributed by atoms with Gasteiger partial charge < -0.3 is 0 Å². The molecule has 33 heavy (non-hydrogen) atoms. The first-order valence-corrected chi connectivity index (χ1v) is 10.9. The number of aromatic amines is 1. The van der Waals surface area contributed by atoms with E-state index >= 15 is 0 Å². The number of benzene rings is 2. The third kappa shape index (κ3) is 5.19. The Bertz CT molecular complexity index is 1210. The SMILES string of the molecule is CC=CCc1nc(C(F)(F)CCC)nn1Cc1ccc(-c2cccc(-c3nnn[nH]3)c2)cc1. The molecule has 0 atom stereocenters. The minimum absolute atomic E-state index is 0.266. The van der Waals surface area contributed by atoms with E-state index in [1.807, 2.05) is 67.6 Å². The first kappa shape index (κ1) is 22.4. The zero-order valence-corrected chi connectivity index (χ0v) is 18.5. The van der Waals surface area contributed by atoms with Gasteiger partial charge in [0, 0.05) is 18.4 Å². The van der Waals surface area contributed by atoms with Crippen LogP contribution in [0.25, 0.3) is 22.5 Å². The van der Waals surface area contributed by atoms with E-state index in [9.17, 15) is 8.78 Å². The lowest BCUT2D eigenvalue weighted by atomic mass is 10.0. The first-order valence-electron chi connectivity index (χ1n) is 10.9. The van der Waals surface area contributed by atoms with Crippen LogP contribution < -0.4 is 0 Å². The highest BCUT2D eigenvalue weighted by atomic mass is 19.3. The van der Waals surface area contributed by atoms with Crippen molar-refractivity contribution in [1.82, 2.24) is 35.4 Å². The number of alkyl halides is 2. The Morgan fingerprint density at radius 3 is 2.55 bits per heavy atom.